The van der Waals surface area contributed by atoms with Crippen molar-refractivity contribution in [3.63, 3.8) is 0 Å². The quantitative estimate of drug-likeness (QED) is 0.787. The minimum Gasteiger partial charge on any atom is -0.406 e. The number of alkyl halides is 3. The first-order chi connectivity index (χ1) is 9.78. The lowest BCUT2D eigenvalue weighted by atomic mass is 9.99. The summed E-state index contributed by atoms with van der Waals surface area (Å²) >= 11 is 12.0. The van der Waals surface area contributed by atoms with Crippen LogP contribution in [0.2, 0.25) is 10.0 Å². The second kappa shape index (κ2) is 7.42. The molecule has 0 saturated heterocycles. The van der Waals surface area contributed by atoms with Crippen LogP contribution in [-0.2, 0) is 0 Å². The molecule has 1 atom stereocenters. The highest BCUT2D eigenvalue weighted by atomic mass is 35.5. The second-order valence-electron chi connectivity index (χ2n) is 4.24. The summed E-state index contributed by atoms with van der Waals surface area (Å²) in [7, 11) is 0. The maximum Gasteiger partial charge on any atom is 0.573 e. The number of halogens is 6. The molecule has 0 aromatic heterocycles. The normalized spacial score (nSPS) is 12.5. The van der Waals surface area contributed by atoms with Crippen molar-refractivity contribution in [3.8, 4) is 5.75 Å². The van der Waals surface area contributed by atoms with Gasteiger partial charge in [0.25, 0.3) is 0 Å². The van der Waals surface area contributed by atoms with E-state index in [1.165, 1.54) is 24.3 Å². The van der Waals surface area contributed by atoms with E-state index < -0.39 is 12.4 Å². The summed E-state index contributed by atoms with van der Waals surface area (Å²) in [6, 6.07) is 9.72. The molecule has 0 heterocycles. The molecule has 22 heavy (non-hydrogen) atoms. The predicted octanol–water partition coefficient (Wildman–Crippen LogP) is 5.36. The van der Waals surface area contributed by atoms with Gasteiger partial charge in [-0.05, 0) is 29.3 Å². The van der Waals surface area contributed by atoms with Gasteiger partial charge in [0.2, 0.25) is 0 Å². The Bertz CT molecular complexity index is 632. The Hall–Kier alpha value is -1.14. The van der Waals surface area contributed by atoms with Crippen molar-refractivity contribution in [3.05, 3.63) is 63.6 Å². The average Bonchev–Trinajstić information content (AvgIpc) is 2.40. The van der Waals surface area contributed by atoms with E-state index in [-0.39, 0.29) is 18.2 Å². The Morgan fingerprint density at radius 3 is 2.14 bits per heavy atom. The van der Waals surface area contributed by atoms with Gasteiger partial charge in [0, 0.05) is 0 Å². The van der Waals surface area contributed by atoms with Crippen molar-refractivity contribution in [1.29, 1.82) is 0 Å². The first kappa shape index (κ1) is 18.9. The molecule has 0 fully saturated rings. The van der Waals surface area contributed by atoms with Crippen LogP contribution >= 0.6 is 35.6 Å². The number of benzene rings is 2. The molecule has 0 spiro atoms. The number of rotatable bonds is 3. The van der Waals surface area contributed by atoms with Crippen molar-refractivity contribution in [2.24, 2.45) is 5.73 Å². The fourth-order valence-corrected chi connectivity index (χ4v) is 2.24. The van der Waals surface area contributed by atoms with Crippen LogP contribution in [0.25, 0.3) is 0 Å². The van der Waals surface area contributed by atoms with E-state index >= 15 is 0 Å². The molecule has 2 rings (SSSR count). The van der Waals surface area contributed by atoms with Crippen LogP contribution in [-0.4, -0.2) is 6.36 Å². The van der Waals surface area contributed by atoms with Gasteiger partial charge in [0.05, 0.1) is 16.1 Å². The summed E-state index contributed by atoms with van der Waals surface area (Å²) in [5.41, 5.74) is 7.24. The molecule has 0 amide bonds. The Labute approximate surface area is 141 Å². The van der Waals surface area contributed by atoms with Crippen molar-refractivity contribution in [2.45, 2.75) is 12.4 Å². The number of hydrogen-bond donors (Lipinski definition) is 1. The standard InChI is InChI=1S/C14H10Cl2F3NO.ClH/c15-11-3-1-2-10(12(11)16)13(20)8-4-6-9(7-5-8)21-14(17,18)19;/h1-7,13H,20H2;1H/t13-;/m1./s1. The average molecular weight is 373 g/mol. The molecule has 0 radical (unpaired) electrons. The summed E-state index contributed by atoms with van der Waals surface area (Å²) in [6.07, 6.45) is -4.72. The number of ether oxygens (including phenoxy) is 1. The molecular formula is C14H11Cl3F3NO. The molecule has 2 nitrogen and oxygen atoms in total. The van der Waals surface area contributed by atoms with Crippen LogP contribution < -0.4 is 10.5 Å². The van der Waals surface area contributed by atoms with E-state index in [1.54, 1.807) is 18.2 Å². The number of hydrogen-bond acceptors (Lipinski definition) is 2. The molecule has 0 saturated carbocycles. The lowest BCUT2D eigenvalue weighted by molar-refractivity contribution is -0.274. The smallest absolute Gasteiger partial charge is 0.406 e. The molecule has 120 valence electrons. The SMILES string of the molecule is Cl.N[C@H](c1ccc(OC(F)(F)F)cc1)c1cccc(Cl)c1Cl. The van der Waals surface area contributed by atoms with Crippen LogP contribution in [0.3, 0.4) is 0 Å². The van der Waals surface area contributed by atoms with E-state index in [9.17, 15) is 13.2 Å². The molecular weight excluding hydrogens is 362 g/mol. The highest BCUT2D eigenvalue weighted by Crippen LogP contribution is 2.32. The zero-order valence-corrected chi connectivity index (χ0v) is 13.2. The third-order valence-electron chi connectivity index (χ3n) is 2.79. The van der Waals surface area contributed by atoms with Crippen LogP contribution in [0.5, 0.6) is 5.75 Å². The molecule has 2 aromatic carbocycles. The summed E-state index contributed by atoms with van der Waals surface area (Å²) in [5.74, 6) is -0.310. The third kappa shape index (κ3) is 4.68. The monoisotopic (exact) mass is 371 g/mol. The zero-order chi connectivity index (χ0) is 15.6. The second-order valence-corrected chi connectivity index (χ2v) is 5.02. The Morgan fingerprint density at radius 1 is 1.00 bits per heavy atom. The summed E-state index contributed by atoms with van der Waals surface area (Å²) < 4.78 is 40.0. The van der Waals surface area contributed by atoms with Crippen LogP contribution in [0.1, 0.15) is 17.2 Å². The lowest BCUT2D eigenvalue weighted by Crippen LogP contribution is -2.17. The first-order valence-corrected chi connectivity index (χ1v) is 6.59. The molecule has 2 aromatic rings. The molecule has 8 heteroatoms. The van der Waals surface area contributed by atoms with Gasteiger partial charge in [-0.2, -0.15) is 0 Å². The minimum absolute atomic E-state index is 0. The van der Waals surface area contributed by atoms with Gasteiger partial charge >= 0.3 is 6.36 Å². The molecule has 0 bridgehead atoms. The largest absolute Gasteiger partial charge is 0.573 e. The van der Waals surface area contributed by atoms with Gasteiger partial charge in [-0.25, -0.2) is 0 Å². The molecule has 0 aliphatic heterocycles. The highest BCUT2D eigenvalue weighted by molar-refractivity contribution is 6.42. The topological polar surface area (TPSA) is 35.2 Å². The van der Waals surface area contributed by atoms with Gasteiger partial charge < -0.3 is 10.5 Å². The third-order valence-corrected chi connectivity index (χ3v) is 3.62. The van der Waals surface area contributed by atoms with Crippen molar-refractivity contribution in [2.75, 3.05) is 0 Å². The fraction of sp³-hybridized carbons (Fsp3) is 0.143. The maximum absolute atomic E-state index is 12.1. The molecule has 2 N–H and O–H groups in total. The summed E-state index contributed by atoms with van der Waals surface area (Å²) in [6.45, 7) is 0. The predicted molar refractivity (Wildman–Crippen MR) is 82.9 cm³/mol. The van der Waals surface area contributed by atoms with Crippen LogP contribution in [0, 0.1) is 0 Å². The van der Waals surface area contributed by atoms with Gasteiger partial charge in [0.15, 0.2) is 0 Å². The van der Waals surface area contributed by atoms with Crippen molar-refractivity contribution >= 4 is 35.6 Å². The van der Waals surface area contributed by atoms with Crippen LogP contribution in [0.4, 0.5) is 13.2 Å². The van der Waals surface area contributed by atoms with E-state index in [0.29, 0.717) is 21.2 Å². The lowest BCUT2D eigenvalue weighted by Gasteiger charge is -2.16. The van der Waals surface area contributed by atoms with E-state index in [0.717, 1.165) is 0 Å². The first-order valence-electron chi connectivity index (χ1n) is 5.83. The van der Waals surface area contributed by atoms with E-state index in [1.807, 2.05) is 0 Å². The van der Waals surface area contributed by atoms with E-state index in [2.05, 4.69) is 4.74 Å². The maximum atomic E-state index is 12.1. The summed E-state index contributed by atoms with van der Waals surface area (Å²) in [4.78, 5) is 0. The minimum atomic E-state index is -4.72. The fourth-order valence-electron chi connectivity index (χ4n) is 1.82. The number of nitrogens with two attached hydrogens (primary N) is 1. The Kier molecular flexibility index (Phi) is 6.38. The Morgan fingerprint density at radius 2 is 1.59 bits per heavy atom. The van der Waals surface area contributed by atoms with Crippen molar-refractivity contribution in [1.82, 2.24) is 0 Å². The van der Waals surface area contributed by atoms with Gasteiger partial charge in [-0.3, -0.25) is 0 Å². The van der Waals surface area contributed by atoms with Gasteiger partial charge in [-0.1, -0.05) is 47.5 Å². The zero-order valence-electron chi connectivity index (χ0n) is 10.9. The van der Waals surface area contributed by atoms with Crippen molar-refractivity contribution < 1.29 is 17.9 Å². The summed E-state index contributed by atoms with van der Waals surface area (Å²) in [5, 5.41) is 0.684. The molecule has 0 aliphatic rings. The van der Waals surface area contributed by atoms with Crippen LogP contribution in [0.15, 0.2) is 42.5 Å². The highest BCUT2D eigenvalue weighted by Gasteiger charge is 2.31. The van der Waals surface area contributed by atoms with Gasteiger partial charge in [-0.15, -0.1) is 25.6 Å². The Balaban J connectivity index is 0.00000242. The molecule has 0 unspecified atom stereocenters. The van der Waals surface area contributed by atoms with E-state index in [4.69, 9.17) is 28.9 Å². The van der Waals surface area contributed by atoms with Gasteiger partial charge in [0.1, 0.15) is 5.75 Å². The molecule has 0 aliphatic carbocycles.